The van der Waals surface area contributed by atoms with Crippen molar-refractivity contribution in [3.63, 3.8) is 0 Å². The quantitative estimate of drug-likeness (QED) is 0.600. The molecule has 0 bridgehead atoms. The molecule has 0 amide bonds. The number of aromatic nitrogens is 2. The first kappa shape index (κ1) is 15.9. The van der Waals surface area contributed by atoms with Gasteiger partial charge in [-0.25, -0.2) is 4.98 Å². The lowest BCUT2D eigenvalue weighted by Gasteiger charge is -2.42. The Morgan fingerprint density at radius 2 is 1.96 bits per heavy atom. The van der Waals surface area contributed by atoms with Gasteiger partial charge in [0.1, 0.15) is 0 Å². The highest BCUT2D eigenvalue weighted by Gasteiger charge is 2.43. The van der Waals surface area contributed by atoms with Crippen LogP contribution in [0.25, 0.3) is 11.3 Å². The Labute approximate surface area is 147 Å². The molecule has 0 N–H and O–H groups in total. The van der Waals surface area contributed by atoms with Crippen molar-refractivity contribution in [1.29, 1.82) is 0 Å². The molecule has 24 heavy (non-hydrogen) atoms. The molecule has 126 valence electrons. The predicted molar refractivity (Wildman–Crippen MR) is 99.9 cm³/mol. The molecule has 3 nitrogen and oxygen atoms in total. The Balaban J connectivity index is 2.06. The average molecular weight is 340 g/mol. The van der Waals surface area contributed by atoms with Crippen LogP contribution < -0.4 is 5.56 Å². The van der Waals surface area contributed by atoms with E-state index in [4.69, 9.17) is 4.98 Å². The van der Waals surface area contributed by atoms with Crippen molar-refractivity contribution in [2.45, 2.75) is 62.6 Å². The lowest BCUT2D eigenvalue weighted by atomic mass is 9.62. The van der Waals surface area contributed by atoms with Crippen LogP contribution in [0.4, 0.5) is 0 Å². The van der Waals surface area contributed by atoms with Crippen molar-refractivity contribution in [3.8, 4) is 11.3 Å². The van der Waals surface area contributed by atoms with Crippen LogP contribution in [0.2, 0.25) is 0 Å². The highest BCUT2D eigenvalue weighted by atomic mass is 32.2. The van der Waals surface area contributed by atoms with Crippen LogP contribution >= 0.6 is 11.8 Å². The summed E-state index contributed by atoms with van der Waals surface area (Å²) < 4.78 is 1.87. The molecule has 4 heteroatoms. The van der Waals surface area contributed by atoms with E-state index in [1.54, 1.807) is 11.8 Å². The first-order valence-electron chi connectivity index (χ1n) is 8.98. The van der Waals surface area contributed by atoms with Crippen molar-refractivity contribution in [3.05, 3.63) is 45.7 Å². The maximum Gasteiger partial charge on any atom is 0.258 e. The minimum Gasteiger partial charge on any atom is -0.288 e. The molecule has 4 rings (SSSR count). The van der Waals surface area contributed by atoms with Crippen LogP contribution in [0.5, 0.6) is 0 Å². The number of fused-ring (bicyclic) bond motifs is 4. The van der Waals surface area contributed by atoms with Gasteiger partial charge in [0, 0.05) is 17.5 Å². The number of thioether (sulfide) groups is 1. The second-order valence-electron chi connectivity index (χ2n) is 7.05. The smallest absolute Gasteiger partial charge is 0.258 e. The zero-order valence-electron chi connectivity index (χ0n) is 14.5. The molecule has 0 radical (unpaired) electrons. The molecule has 1 aromatic heterocycles. The van der Waals surface area contributed by atoms with E-state index in [-0.39, 0.29) is 11.0 Å². The normalized spacial score (nSPS) is 18.2. The van der Waals surface area contributed by atoms with Gasteiger partial charge in [-0.2, -0.15) is 0 Å². The second-order valence-corrected chi connectivity index (χ2v) is 7.82. The molecule has 1 spiro atoms. The van der Waals surface area contributed by atoms with E-state index in [1.807, 2.05) is 17.7 Å². The molecule has 2 aliphatic carbocycles. The first-order valence-corrected chi connectivity index (χ1v) is 10.2. The predicted octanol–water partition coefficient (Wildman–Crippen LogP) is 4.41. The monoisotopic (exact) mass is 340 g/mol. The molecule has 0 saturated heterocycles. The highest BCUT2D eigenvalue weighted by molar-refractivity contribution is 7.98. The molecule has 1 saturated carbocycles. The van der Waals surface area contributed by atoms with E-state index < -0.39 is 0 Å². The maximum absolute atomic E-state index is 13.4. The molecule has 0 unspecified atom stereocenters. The standard InChI is InChI=1S/C20H24N2OS/c1-3-22-18(23)16-17(21-19(22)24-2)15-10-6-5-9-14(15)13-20(16)11-7-4-8-12-20/h5-6,9-10H,3-4,7-8,11-13H2,1-2H3. The molecule has 1 aromatic carbocycles. The van der Waals surface area contributed by atoms with Crippen LogP contribution in [0, 0.1) is 0 Å². The van der Waals surface area contributed by atoms with Gasteiger partial charge in [-0.05, 0) is 38.0 Å². The third-order valence-corrected chi connectivity index (χ3v) is 6.45. The zero-order valence-corrected chi connectivity index (χ0v) is 15.3. The van der Waals surface area contributed by atoms with Gasteiger partial charge in [0.05, 0.1) is 11.3 Å². The second kappa shape index (κ2) is 6.07. The van der Waals surface area contributed by atoms with E-state index in [0.717, 1.165) is 35.7 Å². The van der Waals surface area contributed by atoms with E-state index >= 15 is 0 Å². The molecule has 0 aliphatic heterocycles. The number of hydrogen-bond donors (Lipinski definition) is 0. The fourth-order valence-electron chi connectivity index (χ4n) is 4.66. The zero-order chi connectivity index (χ0) is 16.7. The summed E-state index contributed by atoms with van der Waals surface area (Å²) in [5, 5.41) is 0.837. The summed E-state index contributed by atoms with van der Waals surface area (Å²) in [5.74, 6) is 0. The van der Waals surface area contributed by atoms with Gasteiger partial charge in [0.25, 0.3) is 5.56 Å². The third-order valence-electron chi connectivity index (χ3n) is 5.78. The van der Waals surface area contributed by atoms with Gasteiger partial charge in [0.15, 0.2) is 5.16 Å². The van der Waals surface area contributed by atoms with Crippen LogP contribution in [-0.4, -0.2) is 15.8 Å². The molecular formula is C20H24N2OS. The van der Waals surface area contributed by atoms with Crippen LogP contribution in [0.15, 0.2) is 34.2 Å². The van der Waals surface area contributed by atoms with Gasteiger partial charge in [0.2, 0.25) is 0 Å². The summed E-state index contributed by atoms with van der Waals surface area (Å²) in [6.07, 6.45) is 8.97. The van der Waals surface area contributed by atoms with Gasteiger partial charge in [-0.3, -0.25) is 9.36 Å². The number of hydrogen-bond acceptors (Lipinski definition) is 3. The van der Waals surface area contributed by atoms with E-state index in [2.05, 4.69) is 24.3 Å². The van der Waals surface area contributed by atoms with E-state index in [0.29, 0.717) is 6.54 Å². The molecule has 1 heterocycles. The summed E-state index contributed by atoms with van der Waals surface area (Å²) in [4.78, 5) is 18.4. The Bertz CT molecular complexity index is 834. The third kappa shape index (κ3) is 2.26. The highest BCUT2D eigenvalue weighted by Crippen LogP contribution is 2.48. The lowest BCUT2D eigenvalue weighted by Crippen LogP contribution is -2.43. The number of nitrogens with zero attached hydrogens (tertiary/aromatic N) is 2. The average Bonchev–Trinajstić information content (AvgIpc) is 2.61. The molecule has 2 aromatic rings. The van der Waals surface area contributed by atoms with Crippen LogP contribution in [0.3, 0.4) is 0 Å². The number of benzene rings is 1. The summed E-state index contributed by atoms with van der Waals surface area (Å²) in [6.45, 7) is 2.73. The summed E-state index contributed by atoms with van der Waals surface area (Å²) in [5.41, 5.74) is 4.68. The van der Waals surface area contributed by atoms with Crippen molar-refractivity contribution in [2.24, 2.45) is 0 Å². The van der Waals surface area contributed by atoms with Crippen molar-refractivity contribution in [2.75, 3.05) is 6.26 Å². The van der Waals surface area contributed by atoms with Gasteiger partial charge in [-0.15, -0.1) is 0 Å². The Hall–Kier alpha value is -1.55. The molecule has 0 atom stereocenters. The minimum atomic E-state index is -0.000121. The topological polar surface area (TPSA) is 34.9 Å². The Morgan fingerprint density at radius 3 is 2.67 bits per heavy atom. The minimum absolute atomic E-state index is 0.000121. The molecule has 2 aliphatic rings. The lowest BCUT2D eigenvalue weighted by molar-refractivity contribution is 0.282. The summed E-state index contributed by atoms with van der Waals surface area (Å²) in [6, 6.07) is 8.54. The summed E-state index contributed by atoms with van der Waals surface area (Å²) >= 11 is 1.57. The molecule has 1 fully saturated rings. The van der Waals surface area contributed by atoms with E-state index in [9.17, 15) is 4.79 Å². The van der Waals surface area contributed by atoms with Crippen LogP contribution in [-0.2, 0) is 18.4 Å². The molecular weight excluding hydrogens is 316 g/mol. The first-order chi connectivity index (χ1) is 11.7. The van der Waals surface area contributed by atoms with Crippen molar-refractivity contribution < 1.29 is 0 Å². The van der Waals surface area contributed by atoms with Gasteiger partial charge >= 0.3 is 0 Å². The number of rotatable bonds is 2. The van der Waals surface area contributed by atoms with Gasteiger partial charge in [-0.1, -0.05) is 55.3 Å². The van der Waals surface area contributed by atoms with Crippen LogP contribution in [0.1, 0.15) is 50.2 Å². The summed E-state index contributed by atoms with van der Waals surface area (Å²) in [7, 11) is 0. The maximum atomic E-state index is 13.4. The SMILES string of the molecule is CCn1c(SC)nc2c(c1=O)C1(CCCCC1)Cc1ccccc1-2. The van der Waals surface area contributed by atoms with Crippen molar-refractivity contribution in [1.82, 2.24) is 9.55 Å². The fraction of sp³-hybridized carbons (Fsp3) is 0.500. The fourth-order valence-corrected chi connectivity index (χ4v) is 5.27. The van der Waals surface area contributed by atoms with Crippen molar-refractivity contribution >= 4 is 11.8 Å². The van der Waals surface area contributed by atoms with E-state index in [1.165, 1.54) is 30.4 Å². The van der Waals surface area contributed by atoms with Gasteiger partial charge < -0.3 is 0 Å². The Kier molecular flexibility index (Phi) is 4.03. The largest absolute Gasteiger partial charge is 0.288 e. The Morgan fingerprint density at radius 1 is 1.21 bits per heavy atom.